The molecular weight excluding hydrogens is 434 g/mol. The molecule has 1 N–H and O–H groups in total. The molecule has 2 atom stereocenters. The van der Waals surface area contributed by atoms with Crippen LogP contribution in [0.3, 0.4) is 0 Å². The van der Waals surface area contributed by atoms with Gasteiger partial charge in [-0.15, -0.1) is 0 Å². The molecule has 11 heteroatoms. The van der Waals surface area contributed by atoms with Crippen LogP contribution < -0.4 is 5.32 Å². The lowest BCUT2D eigenvalue weighted by molar-refractivity contribution is 0.175. The van der Waals surface area contributed by atoms with E-state index in [2.05, 4.69) is 5.32 Å². The van der Waals surface area contributed by atoms with Crippen LogP contribution in [0.2, 0.25) is 0 Å². The van der Waals surface area contributed by atoms with Gasteiger partial charge in [0.2, 0.25) is 0 Å². The van der Waals surface area contributed by atoms with E-state index in [1.54, 1.807) is 27.7 Å². The van der Waals surface area contributed by atoms with E-state index >= 15 is 0 Å². The van der Waals surface area contributed by atoms with Crippen molar-refractivity contribution in [2.45, 2.75) is 46.4 Å². The molecule has 29 heavy (non-hydrogen) atoms. The summed E-state index contributed by atoms with van der Waals surface area (Å²) in [6.07, 6.45) is 0. The molecule has 0 aliphatic carbocycles. The zero-order valence-corrected chi connectivity index (χ0v) is 20.1. The van der Waals surface area contributed by atoms with Crippen LogP contribution in [-0.2, 0) is 27.2 Å². The molecule has 0 aromatic heterocycles. The van der Waals surface area contributed by atoms with E-state index in [0.29, 0.717) is 0 Å². The number of aryl methyl sites for hydroxylation is 1. The Morgan fingerprint density at radius 1 is 0.931 bits per heavy atom. The summed E-state index contributed by atoms with van der Waals surface area (Å²) in [5.74, 6) is -0.869. The van der Waals surface area contributed by atoms with Crippen molar-refractivity contribution in [3.63, 3.8) is 0 Å². The Hall–Kier alpha value is -0.790. The topological polar surface area (TPSA) is 86.3 Å². The van der Waals surface area contributed by atoms with Gasteiger partial charge in [-0.05, 0) is 52.4 Å². The highest BCUT2D eigenvalue weighted by atomic mass is 32.1. The second-order valence-electron chi connectivity index (χ2n) is 6.27. The zero-order chi connectivity index (χ0) is 21.7. The molecule has 0 amide bonds. The smallest absolute Gasteiger partial charge is 0.346 e. The van der Waals surface area contributed by atoms with Gasteiger partial charge in [-0.3, -0.25) is 13.6 Å². The first kappa shape index (κ1) is 24.5. The number of nitrogens with zero attached hydrogens (tertiary/aromatic N) is 1. The number of benzene rings is 1. The number of nitrogens with one attached hydrogen (secondary N) is 1. The maximum Gasteiger partial charge on any atom is 0.437 e. The summed E-state index contributed by atoms with van der Waals surface area (Å²) in [7, 11) is -7.46. The fraction of sp³-hybridized carbons (Fsp3) is 0.611. The van der Waals surface area contributed by atoms with Gasteiger partial charge in [-0.1, -0.05) is 29.8 Å². The van der Waals surface area contributed by atoms with Crippen LogP contribution in [0, 0.1) is 6.92 Å². The lowest BCUT2D eigenvalue weighted by atomic mass is 10.1. The standard InChI is InChI=1S/C18H30N2O6P2S/c1-6-23-27(21,24-7-2)17-16(15-12-10-14(5)11-13-15)20(18(29)19-17)28(22,25-8-3)26-9-4/h10-13,16-17H,6-9H2,1-5H3,(H,19,29)/t16-,17+/m1/s1. The van der Waals surface area contributed by atoms with Gasteiger partial charge in [0.1, 0.15) is 0 Å². The third-order valence-electron chi connectivity index (χ3n) is 4.27. The molecule has 164 valence electrons. The number of rotatable bonds is 11. The van der Waals surface area contributed by atoms with Crippen molar-refractivity contribution in [1.29, 1.82) is 0 Å². The summed E-state index contributed by atoms with van der Waals surface area (Å²) in [5, 5.41) is 3.13. The summed E-state index contributed by atoms with van der Waals surface area (Å²) in [6, 6.07) is 6.87. The van der Waals surface area contributed by atoms with Crippen LogP contribution in [-0.4, -0.2) is 42.0 Å². The molecule has 1 saturated heterocycles. The normalized spacial score (nSPS) is 20.2. The molecule has 1 aromatic rings. The van der Waals surface area contributed by atoms with Crippen molar-refractivity contribution < 1.29 is 27.2 Å². The predicted octanol–water partition coefficient (Wildman–Crippen LogP) is 5.00. The van der Waals surface area contributed by atoms with E-state index in [0.717, 1.165) is 11.1 Å². The summed E-state index contributed by atoms with van der Waals surface area (Å²) in [5.41, 5.74) is 1.80. The first-order chi connectivity index (χ1) is 13.8. The maximum atomic E-state index is 13.6. The van der Waals surface area contributed by atoms with Gasteiger partial charge in [0, 0.05) is 0 Å². The quantitative estimate of drug-likeness (QED) is 0.359. The Kier molecular flexibility index (Phi) is 8.86. The van der Waals surface area contributed by atoms with Crippen molar-refractivity contribution in [1.82, 2.24) is 9.99 Å². The van der Waals surface area contributed by atoms with Gasteiger partial charge < -0.3 is 14.4 Å². The fourth-order valence-electron chi connectivity index (χ4n) is 3.18. The Balaban J connectivity index is 2.63. The Morgan fingerprint density at radius 3 is 1.86 bits per heavy atom. The minimum absolute atomic E-state index is 0.116. The zero-order valence-electron chi connectivity index (χ0n) is 17.5. The Morgan fingerprint density at radius 2 is 1.41 bits per heavy atom. The lowest BCUT2D eigenvalue weighted by Crippen LogP contribution is -2.30. The summed E-state index contributed by atoms with van der Waals surface area (Å²) in [4.78, 5) is 0. The van der Waals surface area contributed by atoms with E-state index in [-0.39, 0.29) is 31.5 Å². The average Bonchev–Trinajstić information content (AvgIpc) is 3.02. The second-order valence-corrected chi connectivity index (χ2v) is 10.7. The third kappa shape index (κ3) is 5.28. The van der Waals surface area contributed by atoms with Crippen LogP contribution in [0.25, 0.3) is 0 Å². The summed E-state index contributed by atoms with van der Waals surface area (Å²) < 4.78 is 50.9. The molecule has 8 nitrogen and oxygen atoms in total. The second kappa shape index (κ2) is 10.5. The van der Waals surface area contributed by atoms with Gasteiger partial charge in [0.15, 0.2) is 10.9 Å². The van der Waals surface area contributed by atoms with Crippen LogP contribution in [0.5, 0.6) is 0 Å². The van der Waals surface area contributed by atoms with Crippen molar-refractivity contribution in [3.8, 4) is 0 Å². The third-order valence-corrected chi connectivity index (χ3v) is 9.19. The number of hydrogen-bond donors (Lipinski definition) is 1. The Bertz CT molecular complexity index is 771. The molecule has 1 aliphatic heterocycles. The first-order valence-electron chi connectivity index (χ1n) is 9.70. The summed E-state index contributed by atoms with van der Waals surface area (Å²) in [6.45, 7) is 9.60. The lowest BCUT2D eigenvalue weighted by Gasteiger charge is -2.34. The van der Waals surface area contributed by atoms with E-state index in [9.17, 15) is 9.13 Å². The molecule has 2 rings (SSSR count). The van der Waals surface area contributed by atoms with Crippen LogP contribution >= 0.6 is 27.6 Å². The van der Waals surface area contributed by atoms with Crippen LogP contribution in [0.15, 0.2) is 24.3 Å². The number of thiocarbonyl (C=S) groups is 1. The molecule has 1 aromatic carbocycles. The highest BCUT2D eigenvalue weighted by molar-refractivity contribution is 7.81. The number of hydrogen-bond acceptors (Lipinski definition) is 7. The van der Waals surface area contributed by atoms with E-state index in [4.69, 9.17) is 30.3 Å². The molecule has 0 spiro atoms. The molecule has 0 bridgehead atoms. The van der Waals surface area contributed by atoms with Gasteiger partial charge in [-0.2, -0.15) is 0 Å². The molecular formula is C18H30N2O6P2S. The predicted molar refractivity (Wildman–Crippen MR) is 117 cm³/mol. The van der Waals surface area contributed by atoms with Crippen molar-refractivity contribution in [2.75, 3.05) is 26.4 Å². The molecule has 1 heterocycles. The van der Waals surface area contributed by atoms with Gasteiger partial charge in [-0.25, -0.2) is 9.24 Å². The Labute approximate surface area is 178 Å². The average molecular weight is 464 g/mol. The van der Waals surface area contributed by atoms with Gasteiger partial charge in [0.25, 0.3) is 0 Å². The molecule has 1 fully saturated rings. The van der Waals surface area contributed by atoms with Crippen LogP contribution in [0.1, 0.15) is 44.9 Å². The minimum Gasteiger partial charge on any atom is -0.346 e. The van der Waals surface area contributed by atoms with E-state index in [1.807, 2.05) is 31.2 Å². The molecule has 0 unspecified atom stereocenters. The molecule has 0 radical (unpaired) electrons. The summed E-state index contributed by atoms with van der Waals surface area (Å²) >= 11 is 5.48. The fourth-order valence-corrected chi connectivity index (χ4v) is 7.79. The van der Waals surface area contributed by atoms with Crippen molar-refractivity contribution >= 4 is 32.7 Å². The van der Waals surface area contributed by atoms with Gasteiger partial charge in [0.05, 0.1) is 32.5 Å². The van der Waals surface area contributed by atoms with E-state index in [1.165, 1.54) is 4.67 Å². The first-order valence-corrected chi connectivity index (χ1v) is 13.2. The molecule has 0 saturated carbocycles. The highest BCUT2D eigenvalue weighted by Crippen LogP contribution is 2.65. The van der Waals surface area contributed by atoms with Crippen molar-refractivity contribution in [2.24, 2.45) is 0 Å². The molecule has 1 aliphatic rings. The highest BCUT2D eigenvalue weighted by Gasteiger charge is 2.56. The van der Waals surface area contributed by atoms with Crippen molar-refractivity contribution in [3.05, 3.63) is 35.4 Å². The van der Waals surface area contributed by atoms with Crippen LogP contribution in [0.4, 0.5) is 0 Å². The van der Waals surface area contributed by atoms with E-state index < -0.39 is 27.2 Å². The minimum atomic E-state index is -3.80. The maximum absolute atomic E-state index is 13.6. The largest absolute Gasteiger partial charge is 0.437 e. The monoisotopic (exact) mass is 464 g/mol. The van der Waals surface area contributed by atoms with Gasteiger partial charge >= 0.3 is 15.3 Å². The SMILES string of the molecule is CCOP(=O)(OCC)[C@@H]1NC(=S)N(P(=O)(OCC)OCC)[C@@H]1c1ccc(C)cc1.